The van der Waals surface area contributed by atoms with Crippen molar-refractivity contribution >= 4 is 11.6 Å². The van der Waals surface area contributed by atoms with Gasteiger partial charge in [0.15, 0.2) is 17.8 Å². The Bertz CT molecular complexity index is 1170. The van der Waals surface area contributed by atoms with E-state index in [9.17, 15) is 13.6 Å². The Morgan fingerprint density at radius 1 is 1.27 bits per heavy atom. The van der Waals surface area contributed by atoms with Gasteiger partial charge < -0.3 is 19.5 Å². The molecule has 1 N–H and O–H groups in total. The minimum absolute atomic E-state index is 0.0778. The molecule has 0 saturated carbocycles. The van der Waals surface area contributed by atoms with Crippen molar-refractivity contribution in [3.8, 4) is 28.8 Å². The van der Waals surface area contributed by atoms with Gasteiger partial charge in [0.25, 0.3) is 0 Å². The lowest BCUT2D eigenvalue weighted by Gasteiger charge is -2.17. The average molecular weight is 454 g/mol. The molecule has 1 fully saturated rings. The van der Waals surface area contributed by atoms with Crippen molar-refractivity contribution in [3.63, 3.8) is 0 Å². The Balaban J connectivity index is 1.49. The van der Waals surface area contributed by atoms with E-state index in [1.807, 2.05) is 6.07 Å². The van der Waals surface area contributed by atoms with E-state index in [2.05, 4.69) is 15.2 Å². The molecule has 4 rings (SSSR count). The summed E-state index contributed by atoms with van der Waals surface area (Å²) in [5.74, 6) is -0.324. The largest absolute Gasteiger partial charge is 0.461 e. The number of nitriles is 1. The predicted molar refractivity (Wildman–Crippen MR) is 114 cm³/mol. The highest BCUT2D eigenvalue weighted by Crippen LogP contribution is 2.35. The molecule has 0 unspecified atom stereocenters. The number of carbonyl (C=O) groups is 1. The van der Waals surface area contributed by atoms with Crippen LogP contribution in [0.3, 0.4) is 0 Å². The Kier molecular flexibility index (Phi) is 6.80. The summed E-state index contributed by atoms with van der Waals surface area (Å²) < 4.78 is 42.7. The molecule has 10 heteroatoms. The fraction of sp³-hybridized carbons (Fsp3) is 0.261. The lowest BCUT2D eigenvalue weighted by molar-refractivity contribution is -0.116. The maximum Gasteiger partial charge on any atom is 0.387 e. The molecule has 1 atom stereocenters. The Labute approximate surface area is 188 Å². The molecule has 0 bridgehead atoms. The minimum Gasteiger partial charge on any atom is -0.461 e. The highest BCUT2D eigenvalue weighted by atomic mass is 19.3. The third kappa shape index (κ3) is 5.64. The zero-order chi connectivity index (χ0) is 23.2. The molecule has 0 radical (unpaired) electrons. The summed E-state index contributed by atoms with van der Waals surface area (Å²) in [4.78, 5) is 12.4. The van der Waals surface area contributed by atoms with E-state index in [0.717, 1.165) is 6.42 Å². The molecule has 0 aliphatic carbocycles. The molecular formula is C23H20F2N4O4. The van der Waals surface area contributed by atoms with Crippen LogP contribution < -0.4 is 14.8 Å². The number of ether oxygens (including phenoxy) is 3. The number of hydrogen-bond acceptors (Lipinski definition) is 6. The van der Waals surface area contributed by atoms with Crippen LogP contribution >= 0.6 is 0 Å². The topological polar surface area (TPSA) is 98.4 Å². The molecule has 1 aromatic heterocycles. The van der Waals surface area contributed by atoms with Gasteiger partial charge in [0.2, 0.25) is 5.91 Å². The zero-order valence-electron chi connectivity index (χ0n) is 17.4. The standard InChI is InChI=1S/C23H20F2N4O4/c24-23(25)33-19-8-7-15(12-20(19)32-22-6-3-11-31-22)18-9-10-29(28-18)14-21(30)27-17-5-2-1-4-16(17)13-26/h1-2,4-5,7-10,12,22-23H,3,6,11,14H2,(H,27,30)/t22-/m0/s1. The SMILES string of the molecule is N#Cc1ccccc1NC(=O)Cn1ccc(-c2ccc(OC(F)F)c(O[C@H]3CCCO3)c2)n1. The molecule has 2 aromatic carbocycles. The molecular weight excluding hydrogens is 434 g/mol. The van der Waals surface area contributed by atoms with Crippen molar-refractivity contribution in [3.05, 3.63) is 60.3 Å². The third-order valence-corrected chi connectivity index (χ3v) is 4.87. The number of carbonyl (C=O) groups excluding carboxylic acids is 1. The lowest BCUT2D eigenvalue weighted by Crippen LogP contribution is -2.19. The van der Waals surface area contributed by atoms with Gasteiger partial charge in [0.1, 0.15) is 12.6 Å². The fourth-order valence-electron chi connectivity index (χ4n) is 3.37. The average Bonchev–Trinajstić information content (AvgIpc) is 3.47. The summed E-state index contributed by atoms with van der Waals surface area (Å²) in [6.45, 7) is -2.53. The van der Waals surface area contributed by atoms with Crippen LogP contribution in [0.1, 0.15) is 18.4 Å². The van der Waals surface area contributed by atoms with Gasteiger partial charge in [-0.2, -0.15) is 19.1 Å². The number of benzene rings is 2. The highest BCUT2D eigenvalue weighted by Gasteiger charge is 2.21. The molecule has 3 aromatic rings. The summed E-state index contributed by atoms with van der Waals surface area (Å²) in [7, 11) is 0. The van der Waals surface area contributed by atoms with Crippen molar-refractivity contribution in [2.45, 2.75) is 32.3 Å². The molecule has 8 nitrogen and oxygen atoms in total. The van der Waals surface area contributed by atoms with Crippen LogP contribution in [-0.4, -0.2) is 35.2 Å². The number of nitrogens with zero attached hydrogens (tertiary/aromatic N) is 3. The molecule has 1 aliphatic heterocycles. The van der Waals surface area contributed by atoms with E-state index in [4.69, 9.17) is 14.7 Å². The van der Waals surface area contributed by atoms with Crippen LogP contribution in [-0.2, 0) is 16.1 Å². The normalized spacial score (nSPS) is 15.3. The number of nitrogens with one attached hydrogen (secondary N) is 1. The lowest BCUT2D eigenvalue weighted by atomic mass is 10.1. The summed E-state index contributed by atoms with van der Waals surface area (Å²) in [6.07, 6.45) is 2.56. The monoisotopic (exact) mass is 454 g/mol. The van der Waals surface area contributed by atoms with Crippen molar-refractivity contribution < 1.29 is 27.8 Å². The number of anilines is 1. The molecule has 2 heterocycles. The van der Waals surface area contributed by atoms with Gasteiger partial charge in [0.05, 0.1) is 23.6 Å². The maximum atomic E-state index is 12.8. The fourth-order valence-corrected chi connectivity index (χ4v) is 3.37. The molecule has 1 aliphatic rings. The van der Waals surface area contributed by atoms with E-state index >= 15 is 0 Å². The smallest absolute Gasteiger partial charge is 0.387 e. The Morgan fingerprint density at radius 2 is 2.12 bits per heavy atom. The van der Waals surface area contributed by atoms with E-state index in [0.29, 0.717) is 35.5 Å². The summed E-state index contributed by atoms with van der Waals surface area (Å²) in [5.41, 5.74) is 1.89. The van der Waals surface area contributed by atoms with Crippen molar-refractivity contribution in [2.24, 2.45) is 0 Å². The summed E-state index contributed by atoms with van der Waals surface area (Å²) >= 11 is 0. The first kappa shape index (κ1) is 22.2. The van der Waals surface area contributed by atoms with Gasteiger partial charge in [-0.3, -0.25) is 9.48 Å². The zero-order valence-corrected chi connectivity index (χ0v) is 17.4. The molecule has 1 saturated heterocycles. The Morgan fingerprint density at radius 3 is 2.88 bits per heavy atom. The van der Waals surface area contributed by atoms with Gasteiger partial charge in [0, 0.05) is 18.2 Å². The third-order valence-electron chi connectivity index (χ3n) is 4.87. The van der Waals surface area contributed by atoms with E-state index in [1.54, 1.807) is 48.7 Å². The van der Waals surface area contributed by atoms with Gasteiger partial charge in [-0.25, -0.2) is 0 Å². The van der Waals surface area contributed by atoms with Gasteiger partial charge >= 0.3 is 6.61 Å². The number of alkyl halides is 2. The van der Waals surface area contributed by atoms with Crippen LogP contribution in [0.25, 0.3) is 11.3 Å². The highest BCUT2D eigenvalue weighted by molar-refractivity contribution is 5.91. The molecule has 1 amide bonds. The van der Waals surface area contributed by atoms with Crippen LogP contribution in [0.15, 0.2) is 54.7 Å². The number of para-hydroxylation sites is 1. The molecule has 170 valence electrons. The second-order valence-electron chi connectivity index (χ2n) is 7.20. The first-order valence-corrected chi connectivity index (χ1v) is 10.2. The van der Waals surface area contributed by atoms with Crippen molar-refractivity contribution in [2.75, 3.05) is 11.9 Å². The minimum atomic E-state index is -2.99. The molecule has 0 spiro atoms. The second kappa shape index (κ2) is 10.1. The van der Waals surface area contributed by atoms with E-state index in [-0.39, 0.29) is 24.0 Å². The van der Waals surface area contributed by atoms with Gasteiger partial charge in [-0.05, 0) is 42.8 Å². The van der Waals surface area contributed by atoms with E-state index in [1.165, 1.54) is 10.7 Å². The first-order chi connectivity index (χ1) is 16.0. The number of hydrogen-bond donors (Lipinski definition) is 1. The Hall–Kier alpha value is -3.97. The van der Waals surface area contributed by atoms with Crippen molar-refractivity contribution in [1.29, 1.82) is 5.26 Å². The first-order valence-electron chi connectivity index (χ1n) is 10.2. The maximum absolute atomic E-state index is 12.8. The van der Waals surface area contributed by atoms with Crippen LogP contribution in [0, 0.1) is 11.3 Å². The van der Waals surface area contributed by atoms with Crippen LogP contribution in [0.2, 0.25) is 0 Å². The molecule has 33 heavy (non-hydrogen) atoms. The number of halogens is 2. The summed E-state index contributed by atoms with van der Waals surface area (Å²) in [5, 5.41) is 16.2. The summed E-state index contributed by atoms with van der Waals surface area (Å²) in [6, 6.07) is 14.9. The van der Waals surface area contributed by atoms with Crippen LogP contribution in [0.4, 0.5) is 14.5 Å². The predicted octanol–water partition coefficient (Wildman–Crippen LogP) is 4.18. The van der Waals surface area contributed by atoms with Crippen LogP contribution in [0.5, 0.6) is 11.5 Å². The number of rotatable bonds is 8. The number of aromatic nitrogens is 2. The van der Waals surface area contributed by atoms with Gasteiger partial charge in [-0.1, -0.05) is 12.1 Å². The van der Waals surface area contributed by atoms with E-state index < -0.39 is 12.9 Å². The quantitative estimate of drug-likeness (QED) is 0.548. The number of amides is 1. The van der Waals surface area contributed by atoms with Gasteiger partial charge in [-0.15, -0.1) is 0 Å². The second-order valence-corrected chi connectivity index (χ2v) is 7.20. The van der Waals surface area contributed by atoms with Crippen molar-refractivity contribution in [1.82, 2.24) is 9.78 Å².